The zero-order chi connectivity index (χ0) is 19.6. The molecule has 28 heavy (non-hydrogen) atoms. The van der Waals surface area contributed by atoms with Crippen molar-refractivity contribution in [3.05, 3.63) is 70.4 Å². The first-order valence-electron chi connectivity index (χ1n) is 8.45. The number of ether oxygens (including phenoxy) is 1. The Labute approximate surface area is 171 Å². The van der Waals surface area contributed by atoms with Gasteiger partial charge in [-0.3, -0.25) is 0 Å². The van der Waals surface area contributed by atoms with E-state index in [4.69, 9.17) is 4.74 Å². The Morgan fingerprint density at radius 1 is 1.00 bits per heavy atom. The highest BCUT2D eigenvalue weighted by Gasteiger charge is 2.29. The Kier molecular flexibility index (Phi) is 5.40. The molecule has 0 radical (unpaired) electrons. The molecule has 2 aromatic carbocycles. The van der Waals surface area contributed by atoms with Gasteiger partial charge in [0.15, 0.2) is 0 Å². The lowest BCUT2D eigenvalue weighted by Crippen LogP contribution is -2.30. The van der Waals surface area contributed by atoms with Crippen LogP contribution in [0, 0.1) is 0 Å². The summed E-state index contributed by atoms with van der Waals surface area (Å²) in [4.78, 5) is 1.13. The zero-order valence-electron chi connectivity index (χ0n) is 15.0. The molecule has 4 rings (SSSR count). The molecule has 0 atom stereocenters. The van der Waals surface area contributed by atoms with Crippen LogP contribution in [0.15, 0.2) is 64.9 Å². The van der Waals surface area contributed by atoms with Crippen molar-refractivity contribution in [1.82, 2.24) is 13.1 Å². The van der Waals surface area contributed by atoms with E-state index >= 15 is 0 Å². The number of benzene rings is 2. The van der Waals surface area contributed by atoms with Gasteiger partial charge in [-0.2, -0.15) is 13.1 Å². The third-order valence-electron chi connectivity index (χ3n) is 4.32. The van der Waals surface area contributed by atoms with E-state index in [9.17, 15) is 8.42 Å². The SMILES string of the molecule is COc1ccccc1CN(Cc1cccs1)S(=O)(=O)c1cccc2nsnc12. The van der Waals surface area contributed by atoms with Crippen LogP contribution in [0.2, 0.25) is 0 Å². The molecule has 0 aliphatic heterocycles. The van der Waals surface area contributed by atoms with E-state index < -0.39 is 10.0 Å². The topological polar surface area (TPSA) is 72.4 Å². The van der Waals surface area contributed by atoms with Crippen molar-refractivity contribution < 1.29 is 13.2 Å². The number of hydrogen-bond acceptors (Lipinski definition) is 7. The highest BCUT2D eigenvalue weighted by molar-refractivity contribution is 7.89. The first-order chi connectivity index (χ1) is 13.6. The van der Waals surface area contributed by atoms with E-state index in [1.165, 1.54) is 15.6 Å². The van der Waals surface area contributed by atoms with Gasteiger partial charge in [0, 0.05) is 23.5 Å². The standard InChI is InChI=1S/C19H17N3O3S3/c1-25-17-9-3-2-6-14(17)12-22(13-15-7-5-11-26-15)28(23,24)18-10-4-8-16-19(18)21-27-20-16/h2-11H,12-13H2,1H3. The van der Waals surface area contributed by atoms with Crippen molar-refractivity contribution in [1.29, 1.82) is 0 Å². The fourth-order valence-corrected chi connectivity index (χ4v) is 5.90. The molecule has 0 aliphatic carbocycles. The van der Waals surface area contributed by atoms with Gasteiger partial charge in [-0.1, -0.05) is 30.3 Å². The molecule has 0 fully saturated rings. The third-order valence-corrected chi connectivity index (χ3v) is 7.55. The van der Waals surface area contributed by atoms with Gasteiger partial charge in [0.05, 0.1) is 18.8 Å². The Hall–Kier alpha value is -2.33. The van der Waals surface area contributed by atoms with E-state index in [0.717, 1.165) is 22.2 Å². The predicted molar refractivity (Wildman–Crippen MR) is 111 cm³/mol. The largest absolute Gasteiger partial charge is 0.496 e. The molecule has 0 bridgehead atoms. The van der Waals surface area contributed by atoms with Crippen LogP contribution in [0.4, 0.5) is 0 Å². The summed E-state index contributed by atoms with van der Waals surface area (Å²) in [5, 5.41) is 1.94. The molecule has 0 amide bonds. The minimum absolute atomic E-state index is 0.171. The van der Waals surface area contributed by atoms with E-state index in [1.54, 1.807) is 25.3 Å². The van der Waals surface area contributed by atoms with E-state index in [0.29, 0.717) is 16.8 Å². The number of thiophene rings is 1. The molecule has 0 aliphatic rings. The smallest absolute Gasteiger partial charge is 0.245 e. The second kappa shape index (κ2) is 7.96. The van der Waals surface area contributed by atoms with Gasteiger partial charge in [0.25, 0.3) is 0 Å². The van der Waals surface area contributed by atoms with Crippen LogP contribution < -0.4 is 4.74 Å². The van der Waals surface area contributed by atoms with Crippen LogP contribution >= 0.6 is 23.1 Å². The number of hydrogen-bond donors (Lipinski definition) is 0. The lowest BCUT2D eigenvalue weighted by Gasteiger charge is -2.23. The number of methoxy groups -OCH3 is 1. The average molecular weight is 432 g/mol. The van der Waals surface area contributed by atoms with Crippen LogP contribution in [-0.2, 0) is 23.1 Å². The summed E-state index contributed by atoms with van der Waals surface area (Å²) in [6.45, 7) is 0.463. The maximum absolute atomic E-state index is 13.6. The molecule has 2 heterocycles. The fourth-order valence-electron chi connectivity index (χ4n) is 2.95. The molecule has 4 aromatic rings. The summed E-state index contributed by atoms with van der Waals surface area (Å²) in [5.74, 6) is 0.655. The lowest BCUT2D eigenvalue weighted by molar-refractivity contribution is 0.377. The van der Waals surface area contributed by atoms with Crippen LogP contribution in [0.1, 0.15) is 10.4 Å². The quantitative estimate of drug-likeness (QED) is 0.439. The number of rotatable bonds is 7. The van der Waals surface area contributed by atoms with Crippen molar-refractivity contribution >= 4 is 44.1 Å². The van der Waals surface area contributed by atoms with Crippen molar-refractivity contribution in [2.24, 2.45) is 0 Å². The van der Waals surface area contributed by atoms with Crippen molar-refractivity contribution in [3.8, 4) is 5.75 Å². The van der Waals surface area contributed by atoms with Crippen molar-refractivity contribution in [2.45, 2.75) is 18.0 Å². The maximum atomic E-state index is 13.6. The highest BCUT2D eigenvalue weighted by Crippen LogP contribution is 2.29. The number of para-hydroxylation sites is 1. The lowest BCUT2D eigenvalue weighted by atomic mass is 10.2. The Morgan fingerprint density at radius 3 is 2.64 bits per heavy atom. The number of nitrogens with zero attached hydrogens (tertiary/aromatic N) is 3. The summed E-state index contributed by atoms with van der Waals surface area (Å²) >= 11 is 2.53. The summed E-state index contributed by atoms with van der Waals surface area (Å²) < 4.78 is 42.5. The van der Waals surface area contributed by atoms with Crippen molar-refractivity contribution in [2.75, 3.05) is 7.11 Å². The minimum Gasteiger partial charge on any atom is -0.496 e. The summed E-state index contributed by atoms with van der Waals surface area (Å²) in [6, 6.07) is 16.3. The molecule has 0 spiro atoms. The second-order valence-corrected chi connectivity index (χ2v) is 9.52. The first-order valence-corrected chi connectivity index (χ1v) is 11.5. The molecule has 6 nitrogen and oxygen atoms in total. The zero-order valence-corrected chi connectivity index (χ0v) is 17.4. The molecular formula is C19H17N3O3S3. The number of sulfonamides is 1. The van der Waals surface area contributed by atoms with Gasteiger partial charge in [-0.25, -0.2) is 8.42 Å². The average Bonchev–Trinajstić information content (AvgIpc) is 3.39. The molecule has 0 saturated carbocycles. The van der Waals surface area contributed by atoms with E-state index in [-0.39, 0.29) is 18.0 Å². The molecule has 0 unspecified atom stereocenters. The van der Waals surface area contributed by atoms with Gasteiger partial charge in [0.1, 0.15) is 21.7 Å². The van der Waals surface area contributed by atoms with Crippen LogP contribution in [0.3, 0.4) is 0 Å². The highest BCUT2D eigenvalue weighted by atomic mass is 32.2. The minimum atomic E-state index is -3.81. The number of fused-ring (bicyclic) bond motifs is 1. The maximum Gasteiger partial charge on any atom is 0.245 e. The normalized spacial score (nSPS) is 11.9. The van der Waals surface area contributed by atoms with E-state index in [2.05, 4.69) is 8.75 Å². The van der Waals surface area contributed by atoms with Gasteiger partial charge < -0.3 is 4.74 Å². The Bertz CT molecular complexity index is 1190. The Balaban J connectivity index is 1.79. The second-order valence-electron chi connectivity index (χ2n) is 6.05. The molecule has 144 valence electrons. The van der Waals surface area contributed by atoms with Gasteiger partial charge in [-0.15, -0.1) is 11.3 Å². The Morgan fingerprint density at radius 2 is 1.86 bits per heavy atom. The van der Waals surface area contributed by atoms with Gasteiger partial charge in [-0.05, 0) is 29.6 Å². The summed E-state index contributed by atoms with van der Waals surface area (Å²) in [5.41, 5.74) is 1.79. The van der Waals surface area contributed by atoms with Crippen molar-refractivity contribution in [3.63, 3.8) is 0 Å². The molecular weight excluding hydrogens is 414 g/mol. The monoisotopic (exact) mass is 431 g/mol. The van der Waals surface area contributed by atoms with E-state index in [1.807, 2.05) is 41.8 Å². The summed E-state index contributed by atoms with van der Waals surface area (Å²) in [7, 11) is -2.23. The van der Waals surface area contributed by atoms with Crippen LogP contribution in [0.5, 0.6) is 5.75 Å². The van der Waals surface area contributed by atoms with Gasteiger partial charge in [0.2, 0.25) is 10.0 Å². The first kappa shape index (κ1) is 19.0. The molecule has 9 heteroatoms. The molecule has 2 aromatic heterocycles. The predicted octanol–water partition coefficient (Wildman–Crippen LogP) is 4.15. The fraction of sp³-hybridized carbons (Fsp3) is 0.158. The third kappa shape index (κ3) is 3.66. The molecule has 0 N–H and O–H groups in total. The van der Waals surface area contributed by atoms with Crippen LogP contribution in [-0.4, -0.2) is 28.6 Å². The summed E-state index contributed by atoms with van der Waals surface area (Å²) in [6.07, 6.45) is 0. The number of aromatic nitrogens is 2. The molecule has 0 saturated heterocycles. The van der Waals surface area contributed by atoms with Gasteiger partial charge >= 0.3 is 0 Å². The van der Waals surface area contributed by atoms with Crippen LogP contribution in [0.25, 0.3) is 11.0 Å².